The number of methoxy groups -OCH3 is 1. The first kappa shape index (κ1) is 36.1. The van der Waals surface area contributed by atoms with Gasteiger partial charge in [0, 0.05) is 0 Å². The molecular formula is C31H40O16. The second kappa shape index (κ2) is 15.0. The fraction of sp³-hybridized carbons (Fsp3) is 0.548. The number of aromatic hydroxyl groups is 1. The molecule has 0 unspecified atom stereocenters. The summed E-state index contributed by atoms with van der Waals surface area (Å²) in [5, 5.41) is 90.4. The zero-order valence-corrected chi connectivity index (χ0v) is 25.7. The van der Waals surface area contributed by atoms with E-state index in [1.54, 1.807) is 24.3 Å². The summed E-state index contributed by atoms with van der Waals surface area (Å²) in [5.74, 6) is -3.21. The summed E-state index contributed by atoms with van der Waals surface area (Å²) < 4.78 is 27.1. The monoisotopic (exact) mass is 668 g/mol. The van der Waals surface area contributed by atoms with Crippen LogP contribution in [0.3, 0.4) is 0 Å². The maximum absolute atomic E-state index is 11.6. The molecule has 2 heterocycles. The molecule has 4 rings (SSSR count). The van der Waals surface area contributed by atoms with Gasteiger partial charge in [-0.3, -0.25) is 0 Å². The maximum Gasteiger partial charge on any atom is 0.335 e. The smallest absolute Gasteiger partial charge is 0.335 e. The third kappa shape index (κ3) is 8.05. The van der Waals surface area contributed by atoms with Crippen molar-refractivity contribution in [2.45, 2.75) is 88.1 Å². The van der Waals surface area contributed by atoms with Crippen molar-refractivity contribution < 1.29 is 79.2 Å². The fourth-order valence-electron chi connectivity index (χ4n) is 5.41. The molecule has 0 spiro atoms. The molecule has 260 valence electrons. The normalized spacial score (nSPS) is 32.2. The summed E-state index contributed by atoms with van der Waals surface area (Å²) in [6, 6.07) is 9.53. The lowest BCUT2D eigenvalue weighted by Gasteiger charge is -2.40. The van der Waals surface area contributed by atoms with E-state index in [4.69, 9.17) is 23.7 Å². The molecule has 47 heavy (non-hydrogen) atoms. The Bertz CT molecular complexity index is 1400. The standard InChI is InChI=1S/C31H40O16/c1-12(8-14-4-6-16(32)18(10-14)43-3)13(2)9-15-5-7-17(44-30-24(37)20(33)22(35)26(46-30)28(39)40)19(11-15)45-31-25(38)21(34)23(36)27(47-31)29(41)42/h4-7,10-13,20-27,30-38H,8-9H2,1-3H3,(H,39,40)(H,41,42)/t12-,13+,20+,21-,22+,23-,24-,25+,26+,27-,30-,31+/m1/s1. The van der Waals surface area contributed by atoms with E-state index in [-0.39, 0.29) is 29.1 Å². The number of hydrogen-bond acceptors (Lipinski definition) is 14. The van der Waals surface area contributed by atoms with Gasteiger partial charge in [0.05, 0.1) is 7.11 Å². The van der Waals surface area contributed by atoms with Gasteiger partial charge >= 0.3 is 11.9 Å². The number of phenolic OH excluding ortho intramolecular Hbond substituents is 1. The maximum atomic E-state index is 11.6. The molecule has 0 amide bonds. The van der Waals surface area contributed by atoms with E-state index < -0.39 is 73.4 Å². The highest BCUT2D eigenvalue weighted by atomic mass is 16.7. The second-order valence-corrected chi connectivity index (χ2v) is 11.9. The molecule has 2 fully saturated rings. The number of aliphatic hydroxyl groups is 6. The van der Waals surface area contributed by atoms with Crippen LogP contribution in [0.4, 0.5) is 0 Å². The number of rotatable bonds is 12. The number of aliphatic carboxylic acids is 2. The summed E-state index contributed by atoms with van der Waals surface area (Å²) in [6.07, 6.45) is -18.3. The Balaban J connectivity index is 1.61. The first-order valence-corrected chi connectivity index (χ1v) is 14.8. The van der Waals surface area contributed by atoms with Crippen LogP contribution < -0.4 is 14.2 Å². The van der Waals surface area contributed by atoms with E-state index in [1.165, 1.54) is 19.2 Å². The number of carboxylic acid groups (broad SMARTS) is 2. The Morgan fingerprint density at radius 3 is 1.53 bits per heavy atom. The van der Waals surface area contributed by atoms with Crippen LogP contribution in [0.25, 0.3) is 0 Å². The molecular weight excluding hydrogens is 628 g/mol. The highest BCUT2D eigenvalue weighted by Gasteiger charge is 2.50. The van der Waals surface area contributed by atoms with Crippen LogP contribution in [-0.4, -0.2) is 126 Å². The Labute approximate surface area is 268 Å². The fourth-order valence-corrected chi connectivity index (χ4v) is 5.41. The van der Waals surface area contributed by atoms with Crippen LogP contribution in [0.1, 0.15) is 25.0 Å². The minimum Gasteiger partial charge on any atom is -0.504 e. The van der Waals surface area contributed by atoms with Gasteiger partial charge in [-0.05, 0) is 60.1 Å². The topological polar surface area (TPSA) is 262 Å². The van der Waals surface area contributed by atoms with Crippen molar-refractivity contribution in [2.75, 3.05) is 7.11 Å². The van der Waals surface area contributed by atoms with Gasteiger partial charge in [-0.2, -0.15) is 0 Å². The van der Waals surface area contributed by atoms with Gasteiger partial charge in [0.2, 0.25) is 12.6 Å². The van der Waals surface area contributed by atoms with E-state index in [0.29, 0.717) is 24.2 Å². The third-order valence-corrected chi connectivity index (χ3v) is 8.45. The second-order valence-electron chi connectivity index (χ2n) is 11.9. The highest BCUT2D eigenvalue weighted by Crippen LogP contribution is 2.36. The molecule has 16 heteroatoms. The first-order chi connectivity index (χ1) is 22.1. The molecule has 0 saturated carbocycles. The zero-order valence-electron chi connectivity index (χ0n) is 25.7. The molecule has 0 radical (unpaired) electrons. The molecule has 2 aliphatic heterocycles. The van der Waals surface area contributed by atoms with E-state index >= 15 is 0 Å². The lowest BCUT2D eigenvalue weighted by atomic mass is 9.85. The quantitative estimate of drug-likeness (QED) is 0.131. The Morgan fingerprint density at radius 2 is 1.09 bits per heavy atom. The van der Waals surface area contributed by atoms with E-state index in [0.717, 1.165) is 5.56 Å². The largest absolute Gasteiger partial charge is 0.504 e. The van der Waals surface area contributed by atoms with Crippen LogP contribution in [0.2, 0.25) is 0 Å². The molecule has 0 aliphatic carbocycles. The van der Waals surface area contributed by atoms with Crippen LogP contribution >= 0.6 is 0 Å². The SMILES string of the molecule is COc1cc(C[C@@H](C)[C@@H](C)Cc2ccc(O[C@@H]3O[C@H](C(=O)O)[C@@H](O)[C@H](O)[C@H]3O)c(O[C@H]3O[C@@H](C(=O)O)[C@H](O)[C@@H](O)[C@@H]3O)c2)ccc1O. The Morgan fingerprint density at radius 1 is 0.660 bits per heavy atom. The molecule has 9 N–H and O–H groups in total. The molecule has 0 aromatic heterocycles. The van der Waals surface area contributed by atoms with Crippen molar-refractivity contribution in [2.24, 2.45) is 11.8 Å². The summed E-state index contributed by atoms with van der Waals surface area (Å²) in [5.41, 5.74) is 1.58. The Hall–Kier alpha value is -3.74. The van der Waals surface area contributed by atoms with Gasteiger partial charge in [0.25, 0.3) is 0 Å². The van der Waals surface area contributed by atoms with E-state index in [1.807, 2.05) is 13.8 Å². The first-order valence-electron chi connectivity index (χ1n) is 14.8. The van der Waals surface area contributed by atoms with E-state index in [2.05, 4.69) is 0 Å². The molecule has 0 bridgehead atoms. The number of phenols is 1. The number of carboxylic acids is 2. The van der Waals surface area contributed by atoms with Crippen molar-refractivity contribution in [3.63, 3.8) is 0 Å². The van der Waals surface area contributed by atoms with Crippen molar-refractivity contribution in [3.8, 4) is 23.0 Å². The number of benzene rings is 2. The molecule has 2 saturated heterocycles. The molecule has 2 aromatic carbocycles. The predicted molar refractivity (Wildman–Crippen MR) is 157 cm³/mol. The minimum atomic E-state index is -1.98. The van der Waals surface area contributed by atoms with Gasteiger partial charge in [-0.25, -0.2) is 9.59 Å². The predicted octanol–water partition coefficient (Wildman–Crippen LogP) is -1.000. The summed E-state index contributed by atoms with van der Waals surface area (Å²) in [6.45, 7) is 4.03. The Kier molecular flexibility index (Phi) is 11.5. The lowest BCUT2D eigenvalue weighted by molar-refractivity contribution is -0.276. The highest BCUT2D eigenvalue weighted by molar-refractivity contribution is 5.74. The lowest BCUT2D eigenvalue weighted by Crippen LogP contribution is -2.61. The minimum absolute atomic E-state index is 0.0193. The average molecular weight is 669 g/mol. The molecule has 12 atom stereocenters. The van der Waals surface area contributed by atoms with E-state index in [9.17, 15) is 55.5 Å². The molecule has 2 aliphatic rings. The van der Waals surface area contributed by atoms with Gasteiger partial charge in [0.15, 0.2) is 35.2 Å². The van der Waals surface area contributed by atoms with Crippen LogP contribution in [0.5, 0.6) is 23.0 Å². The molecule has 16 nitrogen and oxygen atoms in total. The summed E-state index contributed by atoms with van der Waals surface area (Å²) in [7, 11) is 1.46. The van der Waals surface area contributed by atoms with Crippen LogP contribution in [0.15, 0.2) is 36.4 Å². The summed E-state index contributed by atoms with van der Waals surface area (Å²) in [4.78, 5) is 23.2. The number of ether oxygens (including phenoxy) is 5. The van der Waals surface area contributed by atoms with Gasteiger partial charge in [0.1, 0.15) is 36.6 Å². The van der Waals surface area contributed by atoms with Crippen molar-refractivity contribution in [1.29, 1.82) is 0 Å². The third-order valence-electron chi connectivity index (χ3n) is 8.45. The van der Waals surface area contributed by atoms with Crippen molar-refractivity contribution in [1.82, 2.24) is 0 Å². The zero-order chi connectivity index (χ0) is 34.7. The van der Waals surface area contributed by atoms with Gasteiger partial charge in [-0.15, -0.1) is 0 Å². The number of carbonyl (C=O) groups is 2. The number of hydrogen-bond donors (Lipinski definition) is 9. The van der Waals surface area contributed by atoms with Crippen LogP contribution in [0, 0.1) is 11.8 Å². The van der Waals surface area contributed by atoms with Gasteiger partial charge in [-0.1, -0.05) is 26.0 Å². The van der Waals surface area contributed by atoms with Crippen LogP contribution in [-0.2, 0) is 31.9 Å². The van der Waals surface area contributed by atoms with Crippen molar-refractivity contribution in [3.05, 3.63) is 47.5 Å². The number of aliphatic hydroxyl groups excluding tert-OH is 6. The van der Waals surface area contributed by atoms with Gasteiger partial charge < -0.3 is 69.6 Å². The van der Waals surface area contributed by atoms with Crippen molar-refractivity contribution >= 4 is 11.9 Å². The summed E-state index contributed by atoms with van der Waals surface area (Å²) >= 11 is 0. The molecule has 2 aromatic rings. The average Bonchev–Trinajstić information content (AvgIpc) is 3.02.